The summed E-state index contributed by atoms with van der Waals surface area (Å²) in [5.74, 6) is 0.667. The van der Waals surface area contributed by atoms with Crippen LogP contribution in [0, 0.1) is 6.92 Å². The lowest BCUT2D eigenvalue weighted by Crippen LogP contribution is -2.35. The number of halogens is 1. The Morgan fingerprint density at radius 2 is 2.05 bits per heavy atom. The minimum atomic E-state index is -0.0591. The number of carbonyl (C=O) groups excluding carboxylic acids is 1. The van der Waals surface area contributed by atoms with Crippen molar-refractivity contribution in [2.24, 2.45) is 0 Å². The molecule has 0 spiro atoms. The first-order valence-corrected chi connectivity index (χ1v) is 6.76. The van der Waals surface area contributed by atoms with Gasteiger partial charge in [0.25, 0.3) is 5.91 Å². The number of amides is 1. The Morgan fingerprint density at radius 1 is 1.21 bits per heavy atom. The fourth-order valence-corrected chi connectivity index (χ4v) is 2.52. The van der Waals surface area contributed by atoms with Gasteiger partial charge in [0.15, 0.2) is 6.61 Å². The highest BCUT2D eigenvalue weighted by atomic mass is 79.9. The Balaban J connectivity index is 2.15. The van der Waals surface area contributed by atoms with Crippen LogP contribution in [-0.4, -0.2) is 12.5 Å². The third-order valence-electron chi connectivity index (χ3n) is 3.02. The van der Waals surface area contributed by atoms with Crippen LogP contribution >= 0.6 is 15.9 Å². The molecule has 2 aromatic carbocycles. The standard InChI is InChI=1S/C15H12BrNO2/c1-10-3-2-4-12(7-10)17-13-8-11(16)5-6-14(13)19-9-15(17)18/h2-8H,9H2,1H3. The van der Waals surface area contributed by atoms with Gasteiger partial charge in [0.2, 0.25) is 0 Å². The maximum Gasteiger partial charge on any atom is 0.269 e. The van der Waals surface area contributed by atoms with Gasteiger partial charge in [-0.05, 0) is 42.8 Å². The SMILES string of the molecule is Cc1cccc(N2C(=O)COc3ccc(Br)cc32)c1. The second-order valence-electron chi connectivity index (χ2n) is 4.47. The van der Waals surface area contributed by atoms with Crippen LogP contribution in [0.1, 0.15) is 5.56 Å². The molecule has 0 unspecified atom stereocenters. The van der Waals surface area contributed by atoms with E-state index in [4.69, 9.17) is 4.74 Å². The molecule has 3 rings (SSSR count). The third-order valence-corrected chi connectivity index (χ3v) is 3.52. The molecule has 96 valence electrons. The van der Waals surface area contributed by atoms with E-state index < -0.39 is 0 Å². The Bertz CT molecular complexity index is 654. The Hall–Kier alpha value is -1.81. The zero-order valence-electron chi connectivity index (χ0n) is 10.4. The lowest BCUT2D eigenvalue weighted by atomic mass is 10.1. The summed E-state index contributed by atoms with van der Waals surface area (Å²) >= 11 is 3.43. The smallest absolute Gasteiger partial charge is 0.269 e. The monoisotopic (exact) mass is 317 g/mol. The van der Waals surface area contributed by atoms with Crippen molar-refractivity contribution < 1.29 is 9.53 Å². The molecule has 0 saturated carbocycles. The van der Waals surface area contributed by atoms with Crippen LogP contribution in [0.25, 0.3) is 0 Å². The van der Waals surface area contributed by atoms with E-state index in [-0.39, 0.29) is 12.5 Å². The van der Waals surface area contributed by atoms with Gasteiger partial charge in [0.05, 0.1) is 5.69 Å². The number of benzene rings is 2. The van der Waals surface area contributed by atoms with Crippen LogP contribution in [0.4, 0.5) is 11.4 Å². The van der Waals surface area contributed by atoms with Gasteiger partial charge in [-0.15, -0.1) is 0 Å². The van der Waals surface area contributed by atoms with E-state index in [1.807, 2.05) is 49.4 Å². The van der Waals surface area contributed by atoms with E-state index in [9.17, 15) is 4.79 Å². The minimum absolute atomic E-state index is 0.0591. The zero-order valence-corrected chi connectivity index (χ0v) is 12.0. The van der Waals surface area contributed by atoms with Gasteiger partial charge in [0, 0.05) is 10.2 Å². The second-order valence-corrected chi connectivity index (χ2v) is 5.38. The van der Waals surface area contributed by atoms with Gasteiger partial charge >= 0.3 is 0 Å². The molecular formula is C15H12BrNO2. The molecule has 1 amide bonds. The highest BCUT2D eigenvalue weighted by molar-refractivity contribution is 9.10. The van der Waals surface area contributed by atoms with Crippen molar-refractivity contribution in [2.75, 3.05) is 11.5 Å². The number of carbonyl (C=O) groups is 1. The van der Waals surface area contributed by atoms with Crippen LogP contribution in [-0.2, 0) is 4.79 Å². The van der Waals surface area contributed by atoms with Gasteiger partial charge in [-0.1, -0.05) is 28.1 Å². The molecule has 0 radical (unpaired) electrons. The average Bonchev–Trinajstić information content (AvgIpc) is 2.38. The van der Waals surface area contributed by atoms with E-state index in [1.54, 1.807) is 4.90 Å². The highest BCUT2D eigenvalue weighted by Crippen LogP contribution is 2.38. The van der Waals surface area contributed by atoms with Gasteiger partial charge < -0.3 is 4.74 Å². The normalized spacial score (nSPS) is 14.0. The molecule has 3 nitrogen and oxygen atoms in total. The summed E-state index contributed by atoms with van der Waals surface area (Å²) in [6.07, 6.45) is 0. The third kappa shape index (κ3) is 2.24. The molecule has 0 aliphatic carbocycles. The van der Waals surface area contributed by atoms with Gasteiger partial charge in [-0.25, -0.2) is 0 Å². The van der Waals surface area contributed by atoms with Crippen molar-refractivity contribution in [3.05, 3.63) is 52.5 Å². The van der Waals surface area contributed by atoms with Crippen molar-refractivity contribution in [3.63, 3.8) is 0 Å². The summed E-state index contributed by atoms with van der Waals surface area (Å²) < 4.78 is 6.38. The molecule has 2 aromatic rings. The zero-order chi connectivity index (χ0) is 13.4. The molecule has 1 aliphatic rings. The predicted molar refractivity (Wildman–Crippen MR) is 78.0 cm³/mol. The first-order chi connectivity index (χ1) is 9.15. The van der Waals surface area contributed by atoms with Crippen molar-refractivity contribution >= 4 is 33.2 Å². The van der Waals surface area contributed by atoms with Crippen molar-refractivity contribution in [3.8, 4) is 5.75 Å². The maximum absolute atomic E-state index is 12.2. The first kappa shape index (κ1) is 12.2. The van der Waals surface area contributed by atoms with E-state index in [1.165, 1.54) is 0 Å². The number of rotatable bonds is 1. The predicted octanol–water partition coefficient (Wildman–Crippen LogP) is 3.81. The van der Waals surface area contributed by atoms with Gasteiger partial charge in [-0.2, -0.15) is 0 Å². The number of hydrogen-bond donors (Lipinski definition) is 0. The largest absolute Gasteiger partial charge is 0.482 e. The summed E-state index contributed by atoms with van der Waals surface area (Å²) in [6.45, 7) is 2.08. The second kappa shape index (κ2) is 4.70. The molecule has 0 N–H and O–H groups in total. The molecule has 1 aliphatic heterocycles. The van der Waals surface area contributed by atoms with Crippen LogP contribution in [0.15, 0.2) is 46.9 Å². The maximum atomic E-state index is 12.2. The van der Waals surface area contributed by atoms with E-state index in [0.29, 0.717) is 0 Å². The summed E-state index contributed by atoms with van der Waals surface area (Å²) in [7, 11) is 0. The Labute approximate surface area is 119 Å². The molecule has 0 fully saturated rings. The summed E-state index contributed by atoms with van der Waals surface area (Å²) in [4.78, 5) is 13.9. The average molecular weight is 318 g/mol. The number of ether oxygens (including phenoxy) is 1. The van der Waals surface area contributed by atoms with E-state index >= 15 is 0 Å². The Morgan fingerprint density at radius 3 is 2.84 bits per heavy atom. The molecule has 0 bridgehead atoms. The van der Waals surface area contributed by atoms with Crippen LogP contribution in [0.3, 0.4) is 0 Å². The molecule has 19 heavy (non-hydrogen) atoms. The van der Waals surface area contributed by atoms with E-state index in [2.05, 4.69) is 15.9 Å². The fourth-order valence-electron chi connectivity index (χ4n) is 2.18. The van der Waals surface area contributed by atoms with Crippen molar-refractivity contribution in [1.29, 1.82) is 0 Å². The first-order valence-electron chi connectivity index (χ1n) is 5.97. The molecule has 0 saturated heterocycles. The number of fused-ring (bicyclic) bond motifs is 1. The number of aryl methyl sites for hydroxylation is 1. The van der Waals surface area contributed by atoms with Crippen molar-refractivity contribution in [2.45, 2.75) is 6.92 Å². The van der Waals surface area contributed by atoms with E-state index in [0.717, 1.165) is 27.2 Å². The number of hydrogen-bond acceptors (Lipinski definition) is 2. The van der Waals surface area contributed by atoms with Crippen LogP contribution < -0.4 is 9.64 Å². The van der Waals surface area contributed by atoms with Crippen molar-refractivity contribution in [1.82, 2.24) is 0 Å². The lowest BCUT2D eigenvalue weighted by Gasteiger charge is -2.29. The fraction of sp³-hybridized carbons (Fsp3) is 0.133. The highest BCUT2D eigenvalue weighted by Gasteiger charge is 2.27. The minimum Gasteiger partial charge on any atom is -0.482 e. The number of anilines is 2. The Kier molecular flexibility index (Phi) is 3.03. The van der Waals surface area contributed by atoms with Crippen LogP contribution in [0.2, 0.25) is 0 Å². The molecule has 1 heterocycles. The van der Waals surface area contributed by atoms with Gasteiger partial charge in [0.1, 0.15) is 5.75 Å². The lowest BCUT2D eigenvalue weighted by molar-refractivity contribution is -0.120. The molecule has 0 atom stereocenters. The van der Waals surface area contributed by atoms with Gasteiger partial charge in [-0.3, -0.25) is 9.69 Å². The quantitative estimate of drug-likeness (QED) is 0.800. The summed E-state index contributed by atoms with van der Waals surface area (Å²) in [5, 5.41) is 0. The number of nitrogens with zero attached hydrogens (tertiary/aromatic N) is 1. The summed E-state index contributed by atoms with van der Waals surface area (Å²) in [6, 6.07) is 13.6. The molecule has 4 heteroatoms. The van der Waals surface area contributed by atoms with Crippen LogP contribution in [0.5, 0.6) is 5.75 Å². The molecule has 0 aromatic heterocycles. The summed E-state index contributed by atoms with van der Waals surface area (Å²) in [5.41, 5.74) is 2.76. The molecular weight excluding hydrogens is 306 g/mol. The topological polar surface area (TPSA) is 29.5 Å².